The molecule has 0 bridgehead atoms. The molecule has 2 amide bonds. The third-order valence-electron chi connectivity index (χ3n) is 4.29. The van der Waals surface area contributed by atoms with E-state index in [1.807, 2.05) is 31.2 Å². The highest BCUT2D eigenvalue weighted by Crippen LogP contribution is 2.21. The Morgan fingerprint density at radius 1 is 1.40 bits per heavy atom. The number of aromatic nitrogens is 4. The van der Waals surface area contributed by atoms with Gasteiger partial charge in [0, 0.05) is 25.1 Å². The molecular formula is C17H22N6O2. The minimum atomic E-state index is -0.375. The first kappa shape index (κ1) is 17.1. The largest absolute Gasteiger partial charge is 0.331 e. The second-order valence-electron chi connectivity index (χ2n) is 6.19. The van der Waals surface area contributed by atoms with Gasteiger partial charge in [-0.2, -0.15) is 5.21 Å². The number of anilines is 1. The minimum absolute atomic E-state index is 0.0611. The number of amides is 2. The molecule has 132 valence electrons. The van der Waals surface area contributed by atoms with Crippen LogP contribution in [-0.2, 0) is 16.0 Å². The quantitative estimate of drug-likeness (QED) is 0.828. The van der Waals surface area contributed by atoms with Crippen LogP contribution in [0.4, 0.5) is 5.69 Å². The van der Waals surface area contributed by atoms with Gasteiger partial charge in [-0.05, 0) is 37.0 Å². The topological polar surface area (TPSA) is 104 Å². The van der Waals surface area contributed by atoms with Gasteiger partial charge >= 0.3 is 0 Å². The van der Waals surface area contributed by atoms with Crippen molar-refractivity contribution in [3.05, 3.63) is 35.7 Å². The van der Waals surface area contributed by atoms with Gasteiger partial charge in [0.1, 0.15) is 6.04 Å². The third-order valence-corrected chi connectivity index (χ3v) is 4.29. The van der Waals surface area contributed by atoms with Crippen LogP contribution in [0.2, 0.25) is 0 Å². The molecule has 2 N–H and O–H groups in total. The van der Waals surface area contributed by atoms with E-state index in [1.165, 1.54) is 0 Å². The number of nitrogens with one attached hydrogen (secondary N) is 2. The summed E-state index contributed by atoms with van der Waals surface area (Å²) in [5.74, 6) is 0.528. The average molecular weight is 342 g/mol. The smallest absolute Gasteiger partial charge is 0.247 e. The summed E-state index contributed by atoms with van der Waals surface area (Å²) in [5, 5.41) is 16.8. The molecule has 25 heavy (non-hydrogen) atoms. The van der Waals surface area contributed by atoms with Gasteiger partial charge in [0.25, 0.3) is 0 Å². The number of tetrazole rings is 1. The first-order chi connectivity index (χ1) is 12.2. The van der Waals surface area contributed by atoms with Crippen molar-refractivity contribution in [3.63, 3.8) is 0 Å². The lowest BCUT2D eigenvalue weighted by atomic mass is 10.1. The number of likely N-dealkylation sites (tertiary alicyclic amines) is 1. The molecule has 0 saturated carbocycles. The van der Waals surface area contributed by atoms with Gasteiger partial charge in [-0.25, -0.2) is 0 Å². The highest BCUT2D eigenvalue weighted by molar-refractivity contribution is 5.97. The summed E-state index contributed by atoms with van der Waals surface area (Å²) in [4.78, 5) is 26.5. The number of hydrogen-bond donors (Lipinski definition) is 2. The predicted octanol–water partition coefficient (Wildman–Crippen LogP) is 1.52. The number of benzene rings is 1. The molecule has 0 radical (unpaired) electrons. The van der Waals surface area contributed by atoms with E-state index in [0.29, 0.717) is 37.3 Å². The van der Waals surface area contributed by atoms with E-state index < -0.39 is 0 Å². The monoisotopic (exact) mass is 342 g/mol. The van der Waals surface area contributed by atoms with Crippen LogP contribution in [0.15, 0.2) is 24.3 Å². The zero-order valence-electron chi connectivity index (χ0n) is 14.2. The first-order valence-electron chi connectivity index (χ1n) is 8.59. The Bertz CT molecular complexity index is 730. The zero-order valence-corrected chi connectivity index (χ0v) is 14.2. The van der Waals surface area contributed by atoms with Gasteiger partial charge in [0.2, 0.25) is 11.8 Å². The molecule has 1 aliphatic heterocycles. The van der Waals surface area contributed by atoms with Gasteiger partial charge in [0.05, 0.1) is 0 Å². The van der Waals surface area contributed by atoms with Crippen LogP contribution in [0.5, 0.6) is 0 Å². The molecule has 0 spiro atoms. The molecule has 0 aliphatic carbocycles. The lowest BCUT2D eigenvalue weighted by Gasteiger charge is -2.24. The molecule has 2 heterocycles. The van der Waals surface area contributed by atoms with Crippen molar-refractivity contribution in [1.82, 2.24) is 25.5 Å². The van der Waals surface area contributed by atoms with Crippen LogP contribution in [-0.4, -0.2) is 49.9 Å². The summed E-state index contributed by atoms with van der Waals surface area (Å²) in [7, 11) is 0. The molecule has 1 aromatic heterocycles. The van der Waals surface area contributed by atoms with Crippen molar-refractivity contribution in [2.45, 2.75) is 45.1 Å². The summed E-state index contributed by atoms with van der Waals surface area (Å²) in [5.41, 5.74) is 1.69. The molecule has 1 saturated heterocycles. The Morgan fingerprint density at radius 2 is 2.28 bits per heavy atom. The fourth-order valence-electron chi connectivity index (χ4n) is 3.12. The number of hydrogen-bond acceptors (Lipinski definition) is 5. The molecule has 1 unspecified atom stereocenters. The SMILES string of the molecule is CCCC(=O)N1CCCC1C(=O)Nc1cccc(Cc2nn[nH]n2)c1. The maximum Gasteiger partial charge on any atom is 0.247 e. The first-order valence-corrected chi connectivity index (χ1v) is 8.59. The van der Waals surface area contributed by atoms with Crippen LogP contribution in [0.25, 0.3) is 0 Å². The fraction of sp³-hybridized carbons (Fsp3) is 0.471. The Labute approximate surface area is 146 Å². The van der Waals surface area contributed by atoms with Crippen LogP contribution < -0.4 is 5.32 Å². The number of aromatic amines is 1. The van der Waals surface area contributed by atoms with Crippen molar-refractivity contribution in [2.24, 2.45) is 0 Å². The van der Waals surface area contributed by atoms with Gasteiger partial charge in [0.15, 0.2) is 5.82 Å². The van der Waals surface area contributed by atoms with Gasteiger partial charge < -0.3 is 10.2 Å². The normalized spacial score (nSPS) is 16.8. The summed E-state index contributed by atoms with van der Waals surface area (Å²) in [6, 6.07) is 7.17. The van der Waals surface area contributed by atoms with Gasteiger partial charge in [-0.15, -0.1) is 10.2 Å². The Morgan fingerprint density at radius 3 is 3.04 bits per heavy atom. The molecule has 1 fully saturated rings. The van der Waals surface area contributed by atoms with E-state index in [1.54, 1.807) is 4.90 Å². The summed E-state index contributed by atoms with van der Waals surface area (Å²) in [6.45, 7) is 2.63. The fourth-order valence-corrected chi connectivity index (χ4v) is 3.12. The maximum atomic E-state index is 12.6. The number of carbonyl (C=O) groups is 2. The van der Waals surface area contributed by atoms with Crippen LogP contribution >= 0.6 is 0 Å². The van der Waals surface area contributed by atoms with Gasteiger partial charge in [-0.1, -0.05) is 24.3 Å². The Balaban J connectivity index is 1.65. The predicted molar refractivity (Wildman–Crippen MR) is 91.7 cm³/mol. The molecule has 1 aliphatic rings. The van der Waals surface area contributed by atoms with Crippen molar-refractivity contribution < 1.29 is 9.59 Å². The van der Waals surface area contributed by atoms with Crippen molar-refractivity contribution in [2.75, 3.05) is 11.9 Å². The van der Waals surface area contributed by atoms with Gasteiger partial charge in [-0.3, -0.25) is 9.59 Å². The molecule has 1 aromatic carbocycles. The Hall–Kier alpha value is -2.77. The maximum absolute atomic E-state index is 12.6. The number of rotatable bonds is 6. The molecule has 8 heteroatoms. The van der Waals surface area contributed by atoms with Crippen LogP contribution in [0, 0.1) is 0 Å². The third kappa shape index (κ3) is 4.20. The van der Waals surface area contributed by atoms with E-state index in [9.17, 15) is 9.59 Å². The summed E-state index contributed by atoms with van der Waals surface area (Å²) in [6.07, 6.45) is 3.39. The second kappa shape index (κ2) is 7.87. The zero-order chi connectivity index (χ0) is 17.6. The molecule has 3 rings (SSSR count). The molecule has 8 nitrogen and oxygen atoms in total. The second-order valence-corrected chi connectivity index (χ2v) is 6.19. The molecule has 1 atom stereocenters. The number of nitrogens with zero attached hydrogens (tertiary/aromatic N) is 4. The summed E-state index contributed by atoms with van der Waals surface area (Å²) < 4.78 is 0. The van der Waals surface area contributed by atoms with Crippen molar-refractivity contribution in [3.8, 4) is 0 Å². The van der Waals surface area contributed by atoms with E-state index in [0.717, 1.165) is 18.4 Å². The van der Waals surface area contributed by atoms with E-state index in [-0.39, 0.29) is 17.9 Å². The van der Waals surface area contributed by atoms with E-state index in [2.05, 4.69) is 25.9 Å². The lowest BCUT2D eigenvalue weighted by molar-refractivity contribution is -0.136. The molecular weight excluding hydrogens is 320 g/mol. The molecule has 2 aromatic rings. The van der Waals surface area contributed by atoms with Crippen LogP contribution in [0.3, 0.4) is 0 Å². The minimum Gasteiger partial charge on any atom is -0.331 e. The lowest BCUT2D eigenvalue weighted by Crippen LogP contribution is -2.43. The van der Waals surface area contributed by atoms with E-state index in [4.69, 9.17) is 0 Å². The standard InChI is InChI=1S/C17H22N6O2/c1-2-5-16(24)23-9-4-8-14(23)17(25)18-13-7-3-6-12(10-13)11-15-19-21-22-20-15/h3,6-7,10,14H,2,4-5,8-9,11H2,1H3,(H,18,25)(H,19,20,21,22). The summed E-state index contributed by atoms with van der Waals surface area (Å²) >= 11 is 0. The number of H-pyrrole nitrogens is 1. The van der Waals surface area contributed by atoms with Crippen molar-refractivity contribution in [1.29, 1.82) is 0 Å². The highest BCUT2D eigenvalue weighted by atomic mass is 16.2. The number of carbonyl (C=O) groups excluding carboxylic acids is 2. The van der Waals surface area contributed by atoms with Crippen molar-refractivity contribution >= 4 is 17.5 Å². The average Bonchev–Trinajstić information content (AvgIpc) is 3.26. The Kier molecular flexibility index (Phi) is 5.37. The van der Waals surface area contributed by atoms with E-state index >= 15 is 0 Å². The van der Waals surface area contributed by atoms with Crippen LogP contribution in [0.1, 0.15) is 44.0 Å². The highest BCUT2D eigenvalue weighted by Gasteiger charge is 2.33.